The summed E-state index contributed by atoms with van der Waals surface area (Å²) in [4.78, 5) is 17.8. The van der Waals surface area contributed by atoms with E-state index in [9.17, 15) is 4.79 Å². The standard InChI is InChI=1S/C28H29Cl2N3O3S/c1-4-5-10-31-28(34)24-14-26(33(18(24)2)15-19-6-8-22(35-3)9-7-19)25-17-37-27(32-25)16-36-23-12-20(29)11-21(30)13-23/h6-9,11-14,17H,4-5,10,15-16H2,1-3H3,(H,31,34). The van der Waals surface area contributed by atoms with Crippen LogP contribution in [0.15, 0.2) is 53.9 Å². The summed E-state index contributed by atoms with van der Waals surface area (Å²) >= 11 is 13.7. The Morgan fingerprint density at radius 2 is 1.81 bits per heavy atom. The second-order valence-corrected chi connectivity index (χ2v) is 10.4. The minimum atomic E-state index is -0.0719. The topological polar surface area (TPSA) is 65.4 Å². The van der Waals surface area contributed by atoms with E-state index in [0.717, 1.165) is 46.2 Å². The fourth-order valence-corrected chi connectivity index (χ4v) is 5.14. The zero-order valence-corrected chi connectivity index (χ0v) is 23.3. The van der Waals surface area contributed by atoms with Crippen LogP contribution >= 0.6 is 34.5 Å². The third-order valence-electron chi connectivity index (χ3n) is 5.94. The number of halogens is 2. The van der Waals surface area contributed by atoms with E-state index in [1.165, 1.54) is 11.3 Å². The molecule has 194 valence electrons. The molecule has 2 heterocycles. The van der Waals surface area contributed by atoms with Crippen LogP contribution in [0.4, 0.5) is 0 Å². The quantitative estimate of drug-likeness (QED) is 0.195. The van der Waals surface area contributed by atoms with E-state index in [0.29, 0.717) is 34.4 Å². The molecule has 0 fully saturated rings. The van der Waals surface area contributed by atoms with E-state index in [1.807, 2.05) is 42.6 Å². The molecule has 0 saturated heterocycles. The van der Waals surface area contributed by atoms with Crippen molar-refractivity contribution in [1.82, 2.24) is 14.9 Å². The second-order valence-electron chi connectivity index (χ2n) is 8.59. The Kier molecular flexibility index (Phi) is 9.14. The highest BCUT2D eigenvalue weighted by Gasteiger charge is 2.20. The average Bonchev–Trinajstić information content (AvgIpc) is 3.47. The van der Waals surface area contributed by atoms with Crippen molar-refractivity contribution in [3.8, 4) is 22.9 Å². The lowest BCUT2D eigenvalue weighted by molar-refractivity contribution is 0.0952. The van der Waals surface area contributed by atoms with Gasteiger partial charge >= 0.3 is 0 Å². The highest BCUT2D eigenvalue weighted by molar-refractivity contribution is 7.09. The first kappa shape index (κ1) is 27.0. The number of unbranched alkanes of at least 4 members (excludes halogenated alkanes) is 1. The lowest BCUT2D eigenvalue weighted by atomic mass is 10.2. The van der Waals surface area contributed by atoms with Gasteiger partial charge in [-0.15, -0.1) is 11.3 Å². The van der Waals surface area contributed by atoms with Crippen molar-refractivity contribution in [2.75, 3.05) is 13.7 Å². The summed E-state index contributed by atoms with van der Waals surface area (Å²) in [5.74, 6) is 1.31. The Morgan fingerprint density at radius 1 is 1.08 bits per heavy atom. The Bertz CT molecular complexity index is 1350. The third kappa shape index (κ3) is 6.86. The number of nitrogens with one attached hydrogen (secondary N) is 1. The molecule has 0 aliphatic heterocycles. The molecular formula is C28H29Cl2N3O3S. The normalized spacial score (nSPS) is 10.9. The summed E-state index contributed by atoms with van der Waals surface area (Å²) < 4.78 is 13.3. The molecule has 0 bridgehead atoms. The van der Waals surface area contributed by atoms with E-state index < -0.39 is 0 Å². The molecule has 0 aliphatic carbocycles. The molecule has 6 nitrogen and oxygen atoms in total. The Hall–Kier alpha value is -3.00. The zero-order chi connectivity index (χ0) is 26.4. The Labute approximate surface area is 231 Å². The van der Waals surface area contributed by atoms with Crippen LogP contribution in [0.2, 0.25) is 10.0 Å². The molecule has 0 atom stereocenters. The van der Waals surface area contributed by atoms with Gasteiger partial charge in [-0.05, 0) is 55.3 Å². The minimum absolute atomic E-state index is 0.0719. The number of amides is 1. The summed E-state index contributed by atoms with van der Waals surface area (Å²) in [6, 6.07) is 14.9. The van der Waals surface area contributed by atoms with Gasteiger partial charge in [0.05, 0.1) is 24.1 Å². The molecule has 1 amide bonds. The van der Waals surface area contributed by atoms with Gasteiger partial charge in [0.15, 0.2) is 0 Å². The maximum Gasteiger partial charge on any atom is 0.253 e. The molecule has 2 aromatic heterocycles. The third-order valence-corrected chi connectivity index (χ3v) is 7.20. The van der Waals surface area contributed by atoms with Crippen molar-refractivity contribution >= 4 is 40.4 Å². The van der Waals surface area contributed by atoms with Crippen LogP contribution in [-0.2, 0) is 13.2 Å². The van der Waals surface area contributed by atoms with Gasteiger partial charge in [0, 0.05) is 34.2 Å². The summed E-state index contributed by atoms with van der Waals surface area (Å²) in [5, 5.41) is 6.85. The number of ether oxygens (including phenoxy) is 2. The molecular weight excluding hydrogens is 529 g/mol. The maximum absolute atomic E-state index is 13.0. The molecule has 0 radical (unpaired) electrons. The fourth-order valence-electron chi connectivity index (χ4n) is 3.93. The van der Waals surface area contributed by atoms with Crippen LogP contribution in [0, 0.1) is 6.92 Å². The highest BCUT2D eigenvalue weighted by Crippen LogP contribution is 2.30. The van der Waals surface area contributed by atoms with E-state index in [-0.39, 0.29) is 12.5 Å². The molecule has 1 N–H and O–H groups in total. The number of aromatic nitrogens is 2. The number of hydrogen-bond donors (Lipinski definition) is 1. The van der Waals surface area contributed by atoms with Gasteiger partial charge < -0.3 is 19.4 Å². The molecule has 0 aliphatic rings. The molecule has 4 aromatic rings. The molecule has 9 heteroatoms. The number of benzene rings is 2. The summed E-state index contributed by atoms with van der Waals surface area (Å²) in [5.41, 5.74) is 4.30. The van der Waals surface area contributed by atoms with Crippen molar-refractivity contribution in [3.05, 3.63) is 85.8 Å². The predicted molar refractivity (Wildman–Crippen MR) is 150 cm³/mol. The molecule has 0 spiro atoms. The molecule has 4 rings (SSSR count). The molecule has 0 saturated carbocycles. The first-order valence-electron chi connectivity index (χ1n) is 12.0. The van der Waals surface area contributed by atoms with Gasteiger partial charge in [0.1, 0.15) is 23.1 Å². The van der Waals surface area contributed by atoms with Gasteiger partial charge in [0.25, 0.3) is 5.91 Å². The predicted octanol–water partition coefficient (Wildman–Crippen LogP) is 7.39. The lowest BCUT2D eigenvalue weighted by Crippen LogP contribution is -2.24. The molecule has 0 unspecified atom stereocenters. The Balaban J connectivity index is 1.61. The molecule has 2 aromatic carbocycles. The first-order valence-corrected chi connectivity index (χ1v) is 13.7. The van der Waals surface area contributed by atoms with E-state index in [1.54, 1.807) is 25.3 Å². The Morgan fingerprint density at radius 3 is 2.49 bits per heavy atom. The SMILES string of the molecule is CCCCNC(=O)c1cc(-c2csc(COc3cc(Cl)cc(Cl)c3)n2)n(Cc2ccc(OC)cc2)c1C. The summed E-state index contributed by atoms with van der Waals surface area (Å²) in [7, 11) is 1.65. The number of methoxy groups -OCH3 is 1. The largest absolute Gasteiger partial charge is 0.497 e. The van der Waals surface area contributed by atoms with Gasteiger partial charge in [-0.1, -0.05) is 48.7 Å². The number of nitrogens with zero attached hydrogens (tertiary/aromatic N) is 2. The highest BCUT2D eigenvalue weighted by atomic mass is 35.5. The minimum Gasteiger partial charge on any atom is -0.497 e. The van der Waals surface area contributed by atoms with Gasteiger partial charge in [0.2, 0.25) is 0 Å². The summed E-state index contributed by atoms with van der Waals surface area (Å²) in [6.07, 6.45) is 1.96. The van der Waals surface area contributed by atoms with Crippen LogP contribution < -0.4 is 14.8 Å². The zero-order valence-electron chi connectivity index (χ0n) is 21.0. The van der Waals surface area contributed by atoms with E-state index >= 15 is 0 Å². The number of hydrogen-bond acceptors (Lipinski definition) is 5. The van der Waals surface area contributed by atoms with Crippen LogP contribution in [0.1, 0.15) is 46.4 Å². The maximum atomic E-state index is 13.0. The number of rotatable bonds is 11. The van der Waals surface area contributed by atoms with E-state index in [2.05, 4.69) is 16.8 Å². The second kappa shape index (κ2) is 12.5. The fraction of sp³-hybridized carbons (Fsp3) is 0.286. The van der Waals surface area contributed by atoms with Crippen LogP contribution in [0.25, 0.3) is 11.4 Å². The van der Waals surface area contributed by atoms with Crippen molar-refractivity contribution in [2.24, 2.45) is 0 Å². The lowest BCUT2D eigenvalue weighted by Gasteiger charge is -2.12. The monoisotopic (exact) mass is 557 g/mol. The van der Waals surface area contributed by atoms with Crippen molar-refractivity contribution in [3.63, 3.8) is 0 Å². The average molecular weight is 559 g/mol. The smallest absolute Gasteiger partial charge is 0.253 e. The van der Waals surface area contributed by atoms with Gasteiger partial charge in [-0.3, -0.25) is 4.79 Å². The summed E-state index contributed by atoms with van der Waals surface area (Å²) in [6.45, 7) is 5.60. The number of carbonyl (C=O) groups is 1. The van der Waals surface area contributed by atoms with Crippen LogP contribution in [0.5, 0.6) is 11.5 Å². The van der Waals surface area contributed by atoms with Gasteiger partial charge in [-0.25, -0.2) is 4.98 Å². The van der Waals surface area contributed by atoms with E-state index in [4.69, 9.17) is 37.7 Å². The van der Waals surface area contributed by atoms with Crippen molar-refractivity contribution < 1.29 is 14.3 Å². The number of carbonyl (C=O) groups excluding carboxylic acids is 1. The van der Waals surface area contributed by atoms with Crippen molar-refractivity contribution in [2.45, 2.75) is 39.8 Å². The van der Waals surface area contributed by atoms with Gasteiger partial charge in [-0.2, -0.15) is 0 Å². The van der Waals surface area contributed by atoms with Crippen molar-refractivity contribution in [1.29, 1.82) is 0 Å². The van der Waals surface area contributed by atoms with Crippen LogP contribution in [0.3, 0.4) is 0 Å². The first-order chi connectivity index (χ1) is 17.9. The molecule has 37 heavy (non-hydrogen) atoms. The van der Waals surface area contributed by atoms with Crippen LogP contribution in [-0.4, -0.2) is 29.1 Å². The number of thiazole rings is 1.